The zero-order valence-corrected chi connectivity index (χ0v) is 10.3. The molecule has 0 radical (unpaired) electrons. The summed E-state index contributed by atoms with van der Waals surface area (Å²) in [5, 5.41) is 3.74. The summed E-state index contributed by atoms with van der Waals surface area (Å²) >= 11 is 0. The second-order valence-electron chi connectivity index (χ2n) is 3.92. The smallest absolute Gasteiger partial charge is 0.350 e. The molecule has 15 heavy (non-hydrogen) atoms. The van der Waals surface area contributed by atoms with E-state index in [1.165, 1.54) is 14.1 Å². The van der Waals surface area contributed by atoms with Gasteiger partial charge in [0.05, 0.1) is 0 Å². The van der Waals surface area contributed by atoms with Gasteiger partial charge in [0, 0.05) is 19.6 Å². The monoisotopic (exact) mass is 239 g/mol. The van der Waals surface area contributed by atoms with E-state index in [0.29, 0.717) is 0 Å². The summed E-state index contributed by atoms with van der Waals surface area (Å²) in [7, 11) is -1.74. The van der Waals surface area contributed by atoms with Gasteiger partial charge in [-0.1, -0.05) is 0 Å². The van der Waals surface area contributed by atoms with Gasteiger partial charge in [0.1, 0.15) is 0 Å². The zero-order chi connectivity index (χ0) is 12.3. The third kappa shape index (κ3) is 7.11. The third-order valence-electron chi connectivity index (χ3n) is 1.20. The quantitative estimate of drug-likeness (QED) is 0.306. The first-order valence-corrected chi connectivity index (χ1v) is 5.57. The molecule has 0 aromatic rings. The summed E-state index contributed by atoms with van der Waals surface area (Å²) < 4.78 is 33.5. The van der Waals surface area contributed by atoms with Gasteiger partial charge in [0.15, 0.2) is 0 Å². The van der Waals surface area contributed by atoms with E-state index in [0.717, 1.165) is 5.06 Å². The van der Waals surface area contributed by atoms with Crippen LogP contribution in [0.1, 0.15) is 20.8 Å². The predicted octanol–water partition coefficient (Wildman–Crippen LogP) is 0.0265. The number of hydroxylamine groups is 2. The highest BCUT2D eigenvalue weighted by Crippen LogP contribution is 2.01. The Morgan fingerprint density at radius 2 is 1.93 bits per heavy atom. The minimum absolute atomic E-state index is 0.195. The van der Waals surface area contributed by atoms with Gasteiger partial charge in [-0.05, 0) is 20.8 Å². The van der Waals surface area contributed by atoms with Crippen LogP contribution >= 0.6 is 0 Å². The molecule has 0 spiro atoms. The Morgan fingerprint density at radius 1 is 1.47 bits per heavy atom. The molecule has 0 heterocycles. The Kier molecular flexibility index (Phi) is 4.50. The van der Waals surface area contributed by atoms with Crippen LogP contribution in [0.15, 0.2) is 4.99 Å². The van der Waals surface area contributed by atoms with E-state index in [9.17, 15) is 8.42 Å². The molecule has 2 N–H and O–H groups in total. The van der Waals surface area contributed by atoms with Crippen molar-refractivity contribution in [2.75, 3.05) is 14.1 Å². The van der Waals surface area contributed by atoms with E-state index in [-0.39, 0.29) is 11.5 Å². The molecule has 0 bridgehead atoms. The van der Waals surface area contributed by atoms with Crippen LogP contribution in [-0.2, 0) is 14.7 Å². The lowest BCUT2D eigenvalue weighted by atomic mass is 10.1. The van der Waals surface area contributed by atoms with E-state index in [1.54, 1.807) is 0 Å². The summed E-state index contributed by atoms with van der Waals surface area (Å²) in [4.78, 5) is 3.79. The summed E-state index contributed by atoms with van der Waals surface area (Å²) in [5.41, 5.74) is -0.300. The lowest BCUT2D eigenvalue weighted by molar-refractivity contribution is 0.0344. The Morgan fingerprint density at radius 3 is 2.20 bits per heavy atom. The van der Waals surface area contributed by atoms with Crippen molar-refractivity contribution in [3.05, 3.63) is 0 Å². The summed E-state index contributed by atoms with van der Waals surface area (Å²) in [6.45, 7) is 5.62. The van der Waals surface area contributed by atoms with Crippen molar-refractivity contribution in [2.45, 2.75) is 26.3 Å². The van der Waals surface area contributed by atoms with Crippen molar-refractivity contribution in [3.63, 3.8) is 0 Å². The highest BCUT2D eigenvalue weighted by molar-refractivity contribution is 7.80. The average Bonchev–Trinajstić information content (AvgIpc) is 1.94. The Bertz CT molecular complexity index is 331. The van der Waals surface area contributed by atoms with Gasteiger partial charge in [-0.15, -0.1) is 4.28 Å². The van der Waals surface area contributed by atoms with Crippen LogP contribution in [0.4, 0.5) is 0 Å². The van der Waals surface area contributed by atoms with Gasteiger partial charge >= 0.3 is 10.4 Å². The fraction of sp³-hybridized carbons (Fsp3) is 0.857. The van der Waals surface area contributed by atoms with Crippen LogP contribution < -0.4 is 5.32 Å². The lowest BCUT2D eigenvalue weighted by Gasteiger charge is -2.27. The number of hydrogen-bond donors (Lipinski definition) is 2. The van der Waals surface area contributed by atoms with Crippen LogP contribution in [0.25, 0.3) is 0 Å². The molecule has 7 nitrogen and oxygen atoms in total. The molecule has 0 aliphatic rings. The number of nitrogens with one attached hydrogen (secondary N) is 1. The normalized spacial score (nSPS) is 13.9. The first-order valence-electron chi connectivity index (χ1n) is 4.21. The molecule has 0 aromatic carbocycles. The number of hydrogen-bond acceptors (Lipinski definition) is 4. The lowest BCUT2D eigenvalue weighted by Crippen LogP contribution is -2.48. The van der Waals surface area contributed by atoms with E-state index in [1.807, 2.05) is 20.8 Å². The fourth-order valence-corrected chi connectivity index (χ4v) is 1.14. The number of rotatable bonds is 2. The van der Waals surface area contributed by atoms with Crippen molar-refractivity contribution >= 4 is 16.4 Å². The van der Waals surface area contributed by atoms with Crippen molar-refractivity contribution in [2.24, 2.45) is 4.99 Å². The van der Waals surface area contributed by atoms with Gasteiger partial charge in [-0.25, -0.2) is 5.06 Å². The van der Waals surface area contributed by atoms with Crippen molar-refractivity contribution < 1.29 is 17.3 Å². The second-order valence-corrected chi connectivity index (χ2v) is 4.93. The summed E-state index contributed by atoms with van der Waals surface area (Å²) in [6.07, 6.45) is 0. The molecule has 0 amide bonds. The SMILES string of the molecule is CN=C(NC(C)(C)C)N(C)OS(=O)(=O)O. The third-order valence-corrected chi connectivity index (χ3v) is 1.61. The molecule has 0 saturated carbocycles. The van der Waals surface area contributed by atoms with E-state index < -0.39 is 10.4 Å². The molecular weight excluding hydrogens is 222 g/mol. The minimum Gasteiger partial charge on any atom is -0.350 e. The van der Waals surface area contributed by atoms with Gasteiger partial charge in [-0.3, -0.25) is 9.55 Å². The molecule has 90 valence electrons. The fourth-order valence-electron chi connectivity index (χ4n) is 0.787. The Labute approximate surface area is 90.0 Å². The first kappa shape index (κ1) is 14.1. The second kappa shape index (κ2) is 4.77. The maximum Gasteiger partial charge on any atom is 0.418 e. The van der Waals surface area contributed by atoms with Gasteiger partial charge < -0.3 is 5.32 Å². The molecule has 0 unspecified atom stereocenters. The van der Waals surface area contributed by atoms with Crippen LogP contribution in [0.3, 0.4) is 0 Å². The molecule has 0 fully saturated rings. The molecular formula is C7H17N3O4S. The number of guanidine groups is 1. The number of aliphatic imine (C=N–C) groups is 1. The molecule has 8 heteroatoms. The molecule has 0 aromatic heterocycles. The molecule has 0 aliphatic heterocycles. The zero-order valence-electron chi connectivity index (χ0n) is 9.47. The maximum atomic E-state index is 10.4. The molecule has 0 aliphatic carbocycles. The van der Waals surface area contributed by atoms with Crippen LogP contribution in [0.5, 0.6) is 0 Å². The van der Waals surface area contributed by atoms with Crippen molar-refractivity contribution in [1.82, 2.24) is 10.4 Å². The first-order chi connectivity index (χ1) is 6.55. The van der Waals surface area contributed by atoms with E-state index in [2.05, 4.69) is 14.6 Å². The Balaban J connectivity index is 4.58. The molecule has 0 rings (SSSR count). The van der Waals surface area contributed by atoms with Crippen LogP contribution in [0, 0.1) is 0 Å². The van der Waals surface area contributed by atoms with E-state index >= 15 is 0 Å². The molecule has 0 saturated heterocycles. The Hall–Kier alpha value is -0.860. The van der Waals surface area contributed by atoms with Gasteiger partial charge in [-0.2, -0.15) is 8.42 Å². The van der Waals surface area contributed by atoms with Gasteiger partial charge in [0.2, 0.25) is 5.96 Å². The highest BCUT2D eigenvalue weighted by atomic mass is 32.3. The van der Waals surface area contributed by atoms with Crippen molar-refractivity contribution in [1.29, 1.82) is 0 Å². The average molecular weight is 239 g/mol. The summed E-state index contributed by atoms with van der Waals surface area (Å²) in [6, 6.07) is 0. The van der Waals surface area contributed by atoms with Crippen LogP contribution in [-0.4, -0.2) is 43.6 Å². The van der Waals surface area contributed by atoms with Gasteiger partial charge in [0.25, 0.3) is 0 Å². The standard InChI is InChI=1S/C7H17N3O4S/c1-7(2,3)9-6(8-4)10(5)14-15(11,12)13/h1-5H3,(H,8,9)(H,11,12,13). The van der Waals surface area contributed by atoms with E-state index in [4.69, 9.17) is 4.55 Å². The largest absolute Gasteiger partial charge is 0.418 e. The topological polar surface area (TPSA) is 91.2 Å². The van der Waals surface area contributed by atoms with Crippen molar-refractivity contribution in [3.8, 4) is 0 Å². The number of nitrogens with zero attached hydrogens (tertiary/aromatic N) is 2. The molecule has 0 atom stereocenters. The summed E-state index contributed by atoms with van der Waals surface area (Å²) in [5.74, 6) is 0.195. The predicted molar refractivity (Wildman–Crippen MR) is 56.6 cm³/mol. The maximum absolute atomic E-state index is 10.4. The van der Waals surface area contributed by atoms with Crippen LogP contribution in [0.2, 0.25) is 0 Å². The minimum atomic E-state index is -4.53. The highest BCUT2D eigenvalue weighted by Gasteiger charge is 2.19.